The molecule has 3 aromatic rings. The van der Waals surface area contributed by atoms with Crippen molar-refractivity contribution in [3.63, 3.8) is 0 Å². The molecule has 4 rings (SSSR count). The number of methoxy groups -OCH3 is 2. The molecule has 0 aliphatic carbocycles. The molecule has 1 saturated heterocycles. The molecule has 0 saturated carbocycles. The monoisotopic (exact) mass is 628 g/mol. The number of urea groups is 1. The molecule has 3 amide bonds. The number of hydrogen-bond donors (Lipinski definition) is 1. The number of amides is 3. The molecule has 11 heteroatoms. The number of carbonyl (C=O) groups is 2. The third kappa shape index (κ3) is 8.97. The van der Waals surface area contributed by atoms with Gasteiger partial charge in [0.1, 0.15) is 12.3 Å². The van der Waals surface area contributed by atoms with Crippen LogP contribution in [-0.2, 0) is 22.5 Å². The average molecular weight is 630 g/mol. The Hall–Kier alpha value is -3.54. The van der Waals surface area contributed by atoms with E-state index in [0.29, 0.717) is 68.8 Å². The Balaban J connectivity index is 1.48. The highest BCUT2D eigenvalue weighted by Gasteiger charge is 2.24. The summed E-state index contributed by atoms with van der Waals surface area (Å²) in [7, 11) is 3.19. The van der Waals surface area contributed by atoms with Crippen molar-refractivity contribution in [1.82, 2.24) is 14.7 Å². The topological polar surface area (TPSA) is 96.7 Å². The van der Waals surface area contributed by atoms with E-state index < -0.39 is 0 Å². The van der Waals surface area contributed by atoms with Gasteiger partial charge in [0.2, 0.25) is 5.91 Å². The van der Waals surface area contributed by atoms with Crippen LogP contribution in [0.15, 0.2) is 69.8 Å². The number of hydrogen-bond acceptors (Lipinski definition) is 7. The van der Waals surface area contributed by atoms with Crippen LogP contribution in [0.3, 0.4) is 0 Å². The van der Waals surface area contributed by atoms with Crippen LogP contribution in [0, 0.1) is 0 Å². The summed E-state index contributed by atoms with van der Waals surface area (Å²) in [6, 6.07) is 16.4. The molecule has 1 aromatic heterocycles. The second-order valence-electron chi connectivity index (χ2n) is 9.62. The third-order valence-electron chi connectivity index (χ3n) is 6.92. The summed E-state index contributed by atoms with van der Waals surface area (Å²) in [6.45, 7) is 4.60. The lowest BCUT2D eigenvalue weighted by Gasteiger charge is -2.31. The molecule has 1 N–H and O–H groups in total. The van der Waals surface area contributed by atoms with Crippen LogP contribution in [0.4, 0.5) is 10.5 Å². The Morgan fingerprint density at radius 2 is 1.76 bits per heavy atom. The average Bonchev–Trinajstić information content (AvgIpc) is 3.52. The van der Waals surface area contributed by atoms with Crippen molar-refractivity contribution in [3.8, 4) is 11.5 Å². The van der Waals surface area contributed by atoms with Crippen molar-refractivity contribution in [1.29, 1.82) is 0 Å². The highest BCUT2D eigenvalue weighted by Crippen LogP contribution is 2.28. The number of halogens is 1. The molecule has 0 radical (unpaired) electrons. The molecule has 0 spiro atoms. The Labute approximate surface area is 249 Å². The van der Waals surface area contributed by atoms with Crippen molar-refractivity contribution in [2.75, 3.05) is 72.0 Å². The van der Waals surface area contributed by atoms with Crippen LogP contribution < -0.4 is 14.8 Å². The number of benzene rings is 2. The molecule has 41 heavy (non-hydrogen) atoms. The highest BCUT2D eigenvalue weighted by atomic mass is 79.9. The first-order valence-electron chi connectivity index (χ1n) is 13.6. The molecule has 1 fully saturated rings. The first-order valence-corrected chi connectivity index (χ1v) is 14.4. The van der Waals surface area contributed by atoms with Gasteiger partial charge in [0.15, 0.2) is 11.5 Å². The Morgan fingerprint density at radius 3 is 2.46 bits per heavy atom. The number of rotatable bonds is 13. The molecule has 10 nitrogen and oxygen atoms in total. The number of anilines is 1. The Kier molecular flexibility index (Phi) is 11.5. The molecule has 2 heterocycles. The van der Waals surface area contributed by atoms with Crippen molar-refractivity contribution < 1.29 is 28.2 Å². The maximum atomic E-state index is 13.8. The van der Waals surface area contributed by atoms with Crippen LogP contribution in [0.1, 0.15) is 11.3 Å². The first-order chi connectivity index (χ1) is 20.0. The second-order valence-corrected chi connectivity index (χ2v) is 10.5. The number of nitrogens with zero attached hydrogens (tertiary/aromatic N) is 3. The van der Waals surface area contributed by atoms with Crippen molar-refractivity contribution in [2.45, 2.75) is 13.0 Å². The van der Waals surface area contributed by atoms with E-state index in [2.05, 4.69) is 26.1 Å². The number of morpholine rings is 1. The van der Waals surface area contributed by atoms with E-state index in [1.807, 2.05) is 48.5 Å². The van der Waals surface area contributed by atoms with Gasteiger partial charge in [-0.2, -0.15) is 0 Å². The number of para-hydroxylation sites is 1. The van der Waals surface area contributed by atoms with E-state index in [9.17, 15) is 9.59 Å². The zero-order valence-electron chi connectivity index (χ0n) is 23.5. The van der Waals surface area contributed by atoms with Gasteiger partial charge in [-0.05, 0) is 64.3 Å². The molecule has 2 aromatic carbocycles. The molecule has 1 aliphatic rings. The molecule has 220 valence electrons. The largest absolute Gasteiger partial charge is 0.493 e. The molecule has 0 bridgehead atoms. The zero-order valence-corrected chi connectivity index (χ0v) is 25.1. The van der Waals surface area contributed by atoms with Gasteiger partial charge >= 0.3 is 6.03 Å². The Bertz CT molecular complexity index is 1270. The van der Waals surface area contributed by atoms with Crippen LogP contribution in [0.5, 0.6) is 11.5 Å². The summed E-state index contributed by atoms with van der Waals surface area (Å²) in [6.07, 6.45) is 2.18. The van der Waals surface area contributed by atoms with Gasteiger partial charge in [-0.3, -0.25) is 9.69 Å². The summed E-state index contributed by atoms with van der Waals surface area (Å²) >= 11 is 3.49. The normalized spacial score (nSPS) is 13.4. The lowest BCUT2D eigenvalue weighted by atomic mass is 10.1. The minimum atomic E-state index is -0.337. The van der Waals surface area contributed by atoms with Gasteiger partial charge in [0, 0.05) is 37.2 Å². The first kappa shape index (κ1) is 30.4. The van der Waals surface area contributed by atoms with Crippen LogP contribution in [0.2, 0.25) is 0 Å². The van der Waals surface area contributed by atoms with E-state index in [-0.39, 0.29) is 18.5 Å². The standard InChI is InChI=1S/C30H37BrN4O6/c1-38-27-10-9-23(20-28(27)39-2)11-12-34(21-24-6-5-17-41-24)29(36)22-35(14-13-33-15-18-40-19-16-33)30(37)32-26-8-4-3-7-25(26)31/h3-10,17,20H,11-16,18-19,21-22H2,1-2H3,(H,32,37). The van der Waals surface area contributed by atoms with Gasteiger partial charge in [0.25, 0.3) is 0 Å². The van der Waals surface area contributed by atoms with E-state index in [4.69, 9.17) is 18.6 Å². The predicted molar refractivity (Wildman–Crippen MR) is 159 cm³/mol. The third-order valence-corrected chi connectivity index (χ3v) is 7.61. The molecule has 0 unspecified atom stereocenters. The number of ether oxygens (including phenoxy) is 3. The minimum absolute atomic E-state index is 0.0761. The SMILES string of the molecule is COc1ccc(CCN(Cc2ccco2)C(=O)CN(CCN2CCOCC2)C(=O)Nc2ccccc2Br)cc1OC. The van der Waals surface area contributed by atoms with Crippen LogP contribution in [0.25, 0.3) is 0 Å². The fourth-order valence-corrected chi connectivity index (χ4v) is 4.93. The van der Waals surface area contributed by atoms with Gasteiger partial charge < -0.3 is 33.7 Å². The molecular formula is C30H37BrN4O6. The number of carbonyl (C=O) groups excluding carboxylic acids is 2. The van der Waals surface area contributed by atoms with E-state index >= 15 is 0 Å². The number of nitrogens with one attached hydrogen (secondary N) is 1. The maximum absolute atomic E-state index is 13.8. The molecular weight excluding hydrogens is 592 g/mol. The van der Waals surface area contributed by atoms with Crippen LogP contribution in [-0.4, -0.2) is 93.3 Å². The van der Waals surface area contributed by atoms with E-state index in [1.165, 1.54) is 0 Å². The van der Waals surface area contributed by atoms with Gasteiger partial charge in [-0.1, -0.05) is 18.2 Å². The van der Waals surface area contributed by atoms with Crippen molar-refractivity contribution in [2.24, 2.45) is 0 Å². The fraction of sp³-hybridized carbons (Fsp3) is 0.400. The smallest absolute Gasteiger partial charge is 0.322 e. The summed E-state index contributed by atoms with van der Waals surface area (Å²) in [5.74, 6) is 1.77. The minimum Gasteiger partial charge on any atom is -0.493 e. The fourth-order valence-electron chi connectivity index (χ4n) is 4.54. The zero-order chi connectivity index (χ0) is 29.0. The second kappa shape index (κ2) is 15.5. The summed E-state index contributed by atoms with van der Waals surface area (Å²) in [5.41, 5.74) is 1.64. The van der Waals surface area contributed by atoms with E-state index in [0.717, 1.165) is 23.1 Å². The van der Waals surface area contributed by atoms with Gasteiger partial charge in [0.05, 0.1) is 45.9 Å². The lowest BCUT2D eigenvalue weighted by Crippen LogP contribution is -2.48. The van der Waals surface area contributed by atoms with Crippen LogP contribution >= 0.6 is 15.9 Å². The van der Waals surface area contributed by atoms with E-state index in [1.54, 1.807) is 36.3 Å². The maximum Gasteiger partial charge on any atom is 0.322 e. The predicted octanol–water partition coefficient (Wildman–Crippen LogP) is 4.50. The Morgan fingerprint density at radius 1 is 0.976 bits per heavy atom. The summed E-state index contributed by atoms with van der Waals surface area (Å²) in [5, 5.41) is 2.95. The summed E-state index contributed by atoms with van der Waals surface area (Å²) in [4.78, 5) is 32.8. The molecule has 1 aliphatic heterocycles. The van der Waals surface area contributed by atoms with Crippen molar-refractivity contribution >= 4 is 33.6 Å². The summed E-state index contributed by atoms with van der Waals surface area (Å²) < 4.78 is 22.6. The lowest BCUT2D eigenvalue weighted by molar-refractivity contribution is -0.132. The quantitative estimate of drug-likeness (QED) is 0.298. The number of furan rings is 1. The van der Waals surface area contributed by atoms with Gasteiger partial charge in [-0.15, -0.1) is 0 Å². The van der Waals surface area contributed by atoms with Crippen molar-refractivity contribution in [3.05, 3.63) is 76.7 Å². The van der Waals surface area contributed by atoms with Gasteiger partial charge in [-0.25, -0.2) is 4.79 Å². The molecule has 0 atom stereocenters. The highest BCUT2D eigenvalue weighted by molar-refractivity contribution is 9.10.